The Hall–Kier alpha value is -1.98. The van der Waals surface area contributed by atoms with Crippen molar-refractivity contribution in [2.24, 2.45) is 0 Å². The Labute approximate surface area is 113 Å². The molecule has 0 aliphatic heterocycles. The van der Waals surface area contributed by atoms with Crippen LogP contribution in [0.25, 0.3) is 11.0 Å². The molecule has 0 bridgehead atoms. The van der Waals surface area contributed by atoms with Gasteiger partial charge in [0, 0.05) is 30.2 Å². The van der Waals surface area contributed by atoms with E-state index in [2.05, 4.69) is 0 Å². The molecule has 0 spiro atoms. The Balaban J connectivity index is 2.59. The van der Waals surface area contributed by atoms with Gasteiger partial charge >= 0.3 is 11.8 Å². The summed E-state index contributed by atoms with van der Waals surface area (Å²) in [4.78, 5) is 13.4. The van der Waals surface area contributed by atoms with Gasteiger partial charge in [-0.3, -0.25) is 0 Å². The van der Waals surface area contributed by atoms with Gasteiger partial charge in [0.15, 0.2) is 0 Å². The van der Waals surface area contributed by atoms with Gasteiger partial charge in [0.1, 0.15) is 11.1 Å². The first-order valence-corrected chi connectivity index (χ1v) is 6.26. The first-order chi connectivity index (χ1) is 9.36. The molecule has 6 heteroatoms. The van der Waals surface area contributed by atoms with E-state index in [4.69, 9.17) is 4.42 Å². The third kappa shape index (κ3) is 2.64. The Bertz CT molecular complexity index is 672. The van der Waals surface area contributed by atoms with Crippen LogP contribution in [0.5, 0.6) is 0 Å². The second-order valence-electron chi connectivity index (χ2n) is 4.34. The number of rotatable bonds is 3. The number of hydrogen-bond acceptors (Lipinski definition) is 3. The summed E-state index contributed by atoms with van der Waals surface area (Å²) >= 11 is 0. The van der Waals surface area contributed by atoms with Crippen LogP contribution < -0.4 is 10.5 Å². The normalized spacial score (nSPS) is 11.8. The Morgan fingerprint density at radius 2 is 1.80 bits per heavy atom. The van der Waals surface area contributed by atoms with E-state index < -0.39 is 17.4 Å². The van der Waals surface area contributed by atoms with Crippen LogP contribution in [-0.4, -0.2) is 13.1 Å². The van der Waals surface area contributed by atoms with Gasteiger partial charge < -0.3 is 9.32 Å². The molecule has 0 radical (unpaired) electrons. The van der Waals surface area contributed by atoms with Gasteiger partial charge in [0.25, 0.3) is 0 Å². The maximum absolute atomic E-state index is 12.6. The fraction of sp³-hybridized carbons (Fsp3) is 0.357. The fourth-order valence-corrected chi connectivity index (χ4v) is 2.08. The minimum absolute atomic E-state index is 0.160. The van der Waals surface area contributed by atoms with Crippen LogP contribution in [-0.2, 0) is 6.18 Å². The van der Waals surface area contributed by atoms with Crippen molar-refractivity contribution < 1.29 is 17.6 Å². The second-order valence-corrected chi connectivity index (χ2v) is 4.34. The monoisotopic (exact) mass is 285 g/mol. The zero-order valence-electron chi connectivity index (χ0n) is 11.1. The molecule has 1 aromatic carbocycles. The van der Waals surface area contributed by atoms with E-state index in [-0.39, 0.29) is 11.0 Å². The minimum atomic E-state index is -4.70. The van der Waals surface area contributed by atoms with Gasteiger partial charge in [-0.15, -0.1) is 0 Å². The van der Waals surface area contributed by atoms with Gasteiger partial charge in [0.05, 0.1) is 0 Å². The molecule has 0 aliphatic carbocycles. The number of hydrogen-bond donors (Lipinski definition) is 0. The van der Waals surface area contributed by atoms with Crippen molar-refractivity contribution in [1.82, 2.24) is 0 Å². The zero-order chi connectivity index (χ0) is 14.9. The van der Waals surface area contributed by atoms with Crippen LogP contribution in [0.2, 0.25) is 0 Å². The highest BCUT2D eigenvalue weighted by Gasteiger charge is 2.35. The molecule has 3 nitrogen and oxygen atoms in total. The smallest absolute Gasteiger partial charge is 0.422 e. The van der Waals surface area contributed by atoms with Crippen LogP contribution in [0, 0.1) is 0 Å². The lowest BCUT2D eigenvalue weighted by Gasteiger charge is -2.21. The molecule has 0 aliphatic rings. The van der Waals surface area contributed by atoms with Crippen molar-refractivity contribution in [2.45, 2.75) is 20.0 Å². The lowest BCUT2D eigenvalue weighted by molar-refractivity contribution is -0.139. The fourth-order valence-electron chi connectivity index (χ4n) is 2.08. The predicted octanol–water partition coefficient (Wildman–Crippen LogP) is 3.66. The molecular weight excluding hydrogens is 271 g/mol. The molecule has 0 amide bonds. The van der Waals surface area contributed by atoms with Crippen LogP contribution in [0.4, 0.5) is 18.9 Å². The molecule has 0 atom stereocenters. The van der Waals surface area contributed by atoms with Crippen molar-refractivity contribution in [3.05, 3.63) is 40.2 Å². The molecule has 108 valence electrons. The first kappa shape index (κ1) is 14.4. The summed E-state index contributed by atoms with van der Waals surface area (Å²) in [6, 6.07) is 5.66. The van der Waals surface area contributed by atoms with Crippen LogP contribution in [0.3, 0.4) is 0 Å². The third-order valence-electron chi connectivity index (χ3n) is 3.15. The number of nitrogens with zero attached hydrogens (tertiary/aromatic N) is 1. The summed E-state index contributed by atoms with van der Waals surface area (Å²) in [7, 11) is 0. The number of benzene rings is 1. The minimum Gasteiger partial charge on any atom is -0.422 e. The SMILES string of the molecule is CCN(CC)c1ccc2cc(C(F)(F)F)c(=O)oc2c1. The number of halogens is 3. The number of anilines is 1. The summed E-state index contributed by atoms with van der Waals surface area (Å²) < 4.78 is 42.7. The summed E-state index contributed by atoms with van der Waals surface area (Å²) in [6.07, 6.45) is -4.70. The highest BCUT2D eigenvalue weighted by atomic mass is 19.4. The van der Waals surface area contributed by atoms with Crippen LogP contribution in [0.15, 0.2) is 33.5 Å². The topological polar surface area (TPSA) is 33.5 Å². The maximum atomic E-state index is 12.6. The molecule has 1 heterocycles. The molecule has 0 N–H and O–H groups in total. The van der Waals surface area contributed by atoms with Crippen molar-refractivity contribution in [2.75, 3.05) is 18.0 Å². The van der Waals surface area contributed by atoms with E-state index >= 15 is 0 Å². The highest BCUT2D eigenvalue weighted by Crippen LogP contribution is 2.29. The largest absolute Gasteiger partial charge is 0.423 e. The predicted molar refractivity (Wildman–Crippen MR) is 71.0 cm³/mol. The van der Waals surface area contributed by atoms with Crippen molar-refractivity contribution >= 4 is 16.7 Å². The molecule has 1 aromatic heterocycles. The average molecular weight is 285 g/mol. The summed E-state index contributed by atoms with van der Waals surface area (Å²) in [6.45, 7) is 5.45. The van der Waals surface area contributed by atoms with E-state index in [1.165, 1.54) is 6.07 Å². The van der Waals surface area contributed by atoms with Gasteiger partial charge in [-0.25, -0.2) is 4.79 Å². The Morgan fingerprint density at radius 1 is 1.15 bits per heavy atom. The molecule has 0 saturated heterocycles. The van der Waals surface area contributed by atoms with Gasteiger partial charge in [-0.05, 0) is 32.0 Å². The zero-order valence-corrected chi connectivity index (χ0v) is 11.1. The molecule has 2 rings (SSSR count). The molecule has 0 saturated carbocycles. The lowest BCUT2D eigenvalue weighted by Crippen LogP contribution is -2.22. The number of alkyl halides is 3. The summed E-state index contributed by atoms with van der Waals surface area (Å²) in [5.74, 6) is 0. The lowest BCUT2D eigenvalue weighted by atomic mass is 10.1. The molecule has 0 unspecified atom stereocenters. The van der Waals surface area contributed by atoms with Crippen molar-refractivity contribution in [3.63, 3.8) is 0 Å². The van der Waals surface area contributed by atoms with Gasteiger partial charge in [0.2, 0.25) is 0 Å². The Kier molecular flexibility index (Phi) is 3.74. The number of fused-ring (bicyclic) bond motifs is 1. The van der Waals surface area contributed by atoms with Crippen molar-refractivity contribution in [1.29, 1.82) is 0 Å². The molecular formula is C14H14F3NO2. The summed E-state index contributed by atoms with van der Waals surface area (Å²) in [5, 5.41) is 0.257. The standard InChI is InChI=1S/C14H14F3NO2/c1-3-18(4-2)10-6-5-9-7-11(14(15,16)17)13(19)20-12(9)8-10/h5-8H,3-4H2,1-2H3. The second kappa shape index (κ2) is 5.19. The van der Waals surface area contributed by atoms with Crippen LogP contribution in [0.1, 0.15) is 19.4 Å². The van der Waals surface area contributed by atoms with E-state index in [0.29, 0.717) is 0 Å². The van der Waals surface area contributed by atoms with E-state index in [9.17, 15) is 18.0 Å². The highest BCUT2D eigenvalue weighted by molar-refractivity contribution is 5.81. The summed E-state index contributed by atoms with van der Waals surface area (Å²) in [5.41, 5.74) is -1.67. The van der Waals surface area contributed by atoms with Crippen LogP contribution >= 0.6 is 0 Å². The van der Waals surface area contributed by atoms with E-state index in [1.54, 1.807) is 12.1 Å². The Morgan fingerprint density at radius 3 is 2.35 bits per heavy atom. The maximum Gasteiger partial charge on any atom is 0.423 e. The van der Waals surface area contributed by atoms with Gasteiger partial charge in [-0.1, -0.05) is 0 Å². The quantitative estimate of drug-likeness (QED) is 0.807. The van der Waals surface area contributed by atoms with Crippen molar-refractivity contribution in [3.8, 4) is 0 Å². The average Bonchev–Trinajstić information content (AvgIpc) is 2.38. The third-order valence-corrected chi connectivity index (χ3v) is 3.15. The molecule has 0 fully saturated rings. The molecule has 2 aromatic rings. The first-order valence-electron chi connectivity index (χ1n) is 6.26. The van der Waals surface area contributed by atoms with E-state index in [0.717, 1.165) is 24.8 Å². The van der Waals surface area contributed by atoms with E-state index in [1.807, 2.05) is 18.7 Å². The van der Waals surface area contributed by atoms with Gasteiger partial charge in [-0.2, -0.15) is 13.2 Å². The molecule has 20 heavy (non-hydrogen) atoms.